The van der Waals surface area contributed by atoms with E-state index in [1.54, 1.807) is 26.4 Å². The highest BCUT2D eigenvalue weighted by molar-refractivity contribution is 5.62. The normalized spacial score (nSPS) is 12.0. The first kappa shape index (κ1) is 20.6. The highest BCUT2D eigenvalue weighted by Crippen LogP contribution is 2.39. The maximum atomic E-state index is 8.91. The summed E-state index contributed by atoms with van der Waals surface area (Å²) in [6.07, 6.45) is 10.4. The summed E-state index contributed by atoms with van der Waals surface area (Å²) in [7, 11) is 3.18. The molecule has 1 aromatic carbocycles. The summed E-state index contributed by atoms with van der Waals surface area (Å²) in [5, 5.41) is 8.91. The van der Waals surface area contributed by atoms with Gasteiger partial charge in [-0.3, -0.25) is 0 Å². The van der Waals surface area contributed by atoms with Gasteiger partial charge in [-0.25, -0.2) is 0 Å². The Morgan fingerprint density at radius 3 is 2.28 bits per heavy atom. The highest BCUT2D eigenvalue weighted by atomic mass is 16.5. The molecule has 25 heavy (non-hydrogen) atoms. The minimum Gasteiger partial charge on any atom is -0.493 e. The molecule has 0 spiro atoms. The predicted octanol–water partition coefficient (Wildman–Crippen LogP) is 4.56. The van der Waals surface area contributed by atoms with Crippen molar-refractivity contribution in [2.24, 2.45) is 0 Å². The Morgan fingerprint density at radius 2 is 1.76 bits per heavy atom. The molecule has 0 aromatic heterocycles. The number of hydrogen-bond donors (Lipinski definition) is 1. The molecular formula is C21H28O4. The first-order chi connectivity index (χ1) is 12.0. The van der Waals surface area contributed by atoms with Crippen LogP contribution in [0.5, 0.6) is 17.2 Å². The number of allylic oxidation sites excluding steroid dienone is 4. The lowest BCUT2D eigenvalue weighted by atomic mass is 10.1. The number of ether oxygens (including phenoxy) is 3. The van der Waals surface area contributed by atoms with E-state index in [9.17, 15) is 0 Å². The third-order valence-corrected chi connectivity index (χ3v) is 3.40. The van der Waals surface area contributed by atoms with Crippen LogP contribution in [0.4, 0.5) is 0 Å². The molecule has 1 rings (SSSR count). The van der Waals surface area contributed by atoms with Gasteiger partial charge in [0.25, 0.3) is 0 Å². The molecule has 0 aliphatic rings. The number of methoxy groups -OCH3 is 2. The largest absolute Gasteiger partial charge is 0.493 e. The van der Waals surface area contributed by atoms with Gasteiger partial charge in [-0.1, -0.05) is 42.0 Å². The van der Waals surface area contributed by atoms with E-state index in [0.717, 1.165) is 17.6 Å². The van der Waals surface area contributed by atoms with Crippen molar-refractivity contribution in [3.8, 4) is 17.2 Å². The van der Waals surface area contributed by atoms with Gasteiger partial charge in [0.1, 0.15) is 6.61 Å². The first-order valence-corrected chi connectivity index (χ1v) is 8.15. The molecule has 1 N–H and O–H groups in total. The third-order valence-electron chi connectivity index (χ3n) is 3.40. The SMILES string of the molecule is C=C(C)C=CCC(C)=CCOc1c(OC)cc(C=CCO)cc1OC. The van der Waals surface area contributed by atoms with E-state index in [1.807, 2.05) is 31.2 Å². The van der Waals surface area contributed by atoms with Crippen LogP contribution >= 0.6 is 0 Å². The van der Waals surface area contributed by atoms with E-state index in [2.05, 4.69) is 19.6 Å². The Morgan fingerprint density at radius 1 is 1.12 bits per heavy atom. The van der Waals surface area contributed by atoms with Gasteiger partial charge < -0.3 is 19.3 Å². The zero-order chi connectivity index (χ0) is 18.7. The van der Waals surface area contributed by atoms with Crippen molar-refractivity contribution in [2.45, 2.75) is 20.3 Å². The lowest BCUT2D eigenvalue weighted by molar-refractivity contribution is 0.300. The molecule has 0 aliphatic heterocycles. The van der Waals surface area contributed by atoms with Crippen molar-refractivity contribution in [3.63, 3.8) is 0 Å². The molecule has 0 bridgehead atoms. The van der Waals surface area contributed by atoms with Crippen molar-refractivity contribution in [3.05, 3.63) is 59.7 Å². The minimum absolute atomic E-state index is 0.0211. The van der Waals surface area contributed by atoms with Gasteiger partial charge in [0.2, 0.25) is 5.75 Å². The number of rotatable bonds is 10. The molecular weight excluding hydrogens is 316 g/mol. The summed E-state index contributed by atoms with van der Waals surface area (Å²) in [6.45, 7) is 8.27. The van der Waals surface area contributed by atoms with Gasteiger partial charge in [-0.05, 0) is 44.0 Å². The molecule has 0 saturated heterocycles. The maximum absolute atomic E-state index is 8.91. The van der Waals surface area contributed by atoms with Crippen molar-refractivity contribution < 1.29 is 19.3 Å². The Hall–Kier alpha value is -2.46. The molecule has 4 heteroatoms. The lowest BCUT2D eigenvalue weighted by Crippen LogP contribution is -2.00. The van der Waals surface area contributed by atoms with Crippen LogP contribution in [0.25, 0.3) is 6.08 Å². The average molecular weight is 344 g/mol. The monoisotopic (exact) mass is 344 g/mol. The summed E-state index contributed by atoms with van der Waals surface area (Å²) in [6, 6.07) is 3.69. The Kier molecular flexibility index (Phi) is 9.19. The van der Waals surface area contributed by atoms with Gasteiger partial charge in [-0.15, -0.1) is 0 Å². The van der Waals surface area contributed by atoms with E-state index in [4.69, 9.17) is 19.3 Å². The molecule has 0 fully saturated rings. The predicted molar refractivity (Wildman–Crippen MR) is 103 cm³/mol. The fourth-order valence-corrected chi connectivity index (χ4v) is 2.12. The molecule has 0 unspecified atom stereocenters. The smallest absolute Gasteiger partial charge is 0.203 e. The molecule has 0 atom stereocenters. The molecule has 0 heterocycles. The van der Waals surface area contributed by atoms with Crippen LogP contribution < -0.4 is 14.2 Å². The molecule has 4 nitrogen and oxygen atoms in total. The van der Waals surface area contributed by atoms with Gasteiger partial charge in [-0.2, -0.15) is 0 Å². The number of aliphatic hydroxyl groups excluding tert-OH is 1. The van der Waals surface area contributed by atoms with Crippen LogP contribution in [0.2, 0.25) is 0 Å². The van der Waals surface area contributed by atoms with Crippen molar-refractivity contribution in [2.75, 3.05) is 27.4 Å². The minimum atomic E-state index is -0.0211. The molecule has 0 saturated carbocycles. The molecule has 136 valence electrons. The molecule has 0 aliphatic carbocycles. The number of aliphatic hydroxyl groups is 1. The van der Waals surface area contributed by atoms with E-state index in [1.165, 1.54) is 5.57 Å². The second kappa shape index (κ2) is 11.2. The maximum Gasteiger partial charge on any atom is 0.203 e. The number of hydrogen-bond acceptors (Lipinski definition) is 4. The summed E-state index contributed by atoms with van der Waals surface area (Å²) in [4.78, 5) is 0. The van der Waals surface area contributed by atoms with Crippen molar-refractivity contribution >= 4 is 6.08 Å². The van der Waals surface area contributed by atoms with Crippen LogP contribution in [0.3, 0.4) is 0 Å². The average Bonchev–Trinajstić information content (AvgIpc) is 2.59. The van der Waals surface area contributed by atoms with Crippen LogP contribution in [0.1, 0.15) is 25.8 Å². The van der Waals surface area contributed by atoms with E-state index in [0.29, 0.717) is 23.9 Å². The van der Waals surface area contributed by atoms with Crippen LogP contribution in [-0.4, -0.2) is 32.5 Å². The fraction of sp³-hybridized carbons (Fsp3) is 0.333. The molecule has 0 radical (unpaired) electrons. The Labute approximate surface area is 150 Å². The Balaban J connectivity index is 2.86. The standard InChI is InChI=1S/C21H28O4/c1-16(2)8-6-9-17(3)11-13-25-21-19(23-4)14-18(10-7-12-22)15-20(21)24-5/h6-8,10-11,14-15,22H,1,9,12-13H2,2-5H3. The van der Waals surface area contributed by atoms with Crippen LogP contribution in [-0.2, 0) is 0 Å². The van der Waals surface area contributed by atoms with Crippen molar-refractivity contribution in [1.82, 2.24) is 0 Å². The molecule has 1 aromatic rings. The van der Waals surface area contributed by atoms with Crippen LogP contribution in [0, 0.1) is 0 Å². The summed E-state index contributed by atoms with van der Waals surface area (Å²) in [5.41, 5.74) is 3.11. The summed E-state index contributed by atoms with van der Waals surface area (Å²) >= 11 is 0. The molecule has 0 amide bonds. The zero-order valence-electron chi connectivity index (χ0n) is 15.5. The summed E-state index contributed by atoms with van der Waals surface area (Å²) in [5.74, 6) is 1.74. The van der Waals surface area contributed by atoms with E-state index in [-0.39, 0.29) is 6.61 Å². The lowest BCUT2D eigenvalue weighted by Gasteiger charge is -2.14. The Bertz CT molecular complexity index is 629. The second-order valence-electron chi connectivity index (χ2n) is 5.65. The zero-order valence-corrected chi connectivity index (χ0v) is 15.5. The third kappa shape index (κ3) is 7.31. The summed E-state index contributed by atoms with van der Waals surface area (Å²) < 4.78 is 16.7. The van der Waals surface area contributed by atoms with E-state index >= 15 is 0 Å². The van der Waals surface area contributed by atoms with Crippen molar-refractivity contribution in [1.29, 1.82) is 0 Å². The van der Waals surface area contributed by atoms with Gasteiger partial charge in [0, 0.05) is 0 Å². The van der Waals surface area contributed by atoms with Gasteiger partial charge >= 0.3 is 0 Å². The van der Waals surface area contributed by atoms with E-state index < -0.39 is 0 Å². The van der Waals surface area contributed by atoms with Gasteiger partial charge in [0.05, 0.1) is 20.8 Å². The first-order valence-electron chi connectivity index (χ1n) is 8.15. The highest BCUT2D eigenvalue weighted by Gasteiger charge is 2.13. The second-order valence-corrected chi connectivity index (χ2v) is 5.65. The quantitative estimate of drug-likeness (QED) is 0.499. The fourth-order valence-electron chi connectivity index (χ4n) is 2.12. The number of benzene rings is 1. The van der Waals surface area contributed by atoms with Gasteiger partial charge in [0.15, 0.2) is 11.5 Å². The topological polar surface area (TPSA) is 47.9 Å². The van der Waals surface area contributed by atoms with Crippen LogP contribution in [0.15, 0.2) is 54.2 Å².